The number of hydrogen-bond acceptors (Lipinski definition) is 8. The van der Waals surface area contributed by atoms with Gasteiger partial charge in [-0.15, -0.1) is 0 Å². The van der Waals surface area contributed by atoms with Crippen LogP contribution in [0.5, 0.6) is 0 Å². The zero-order chi connectivity index (χ0) is 20.0. The van der Waals surface area contributed by atoms with Gasteiger partial charge in [0, 0.05) is 25.1 Å². The number of carbonyl (C=O) groups is 2. The Labute approximate surface area is 153 Å². The Hall–Kier alpha value is -2.50. The van der Waals surface area contributed by atoms with Crippen LogP contribution in [-0.4, -0.2) is 61.7 Å². The van der Waals surface area contributed by atoms with Crippen molar-refractivity contribution in [1.82, 2.24) is 9.55 Å². The van der Waals surface area contributed by atoms with E-state index < -0.39 is 54.3 Å². The van der Waals surface area contributed by atoms with Crippen molar-refractivity contribution in [3.05, 3.63) is 33.1 Å². The molecule has 1 aromatic heterocycles. The molecule has 0 radical (unpaired) electrons. The van der Waals surface area contributed by atoms with Gasteiger partial charge in [-0.3, -0.25) is 23.9 Å². The number of unbranched alkanes of at least 4 members (excludes halogenated alkanes) is 2. The number of carboxylic acid groups (broad SMARTS) is 1. The fourth-order valence-electron chi connectivity index (χ4n) is 2.78. The molecule has 0 bridgehead atoms. The number of aliphatic hydroxyl groups excluding tert-OH is 2. The van der Waals surface area contributed by atoms with Crippen molar-refractivity contribution in [3.8, 4) is 0 Å². The van der Waals surface area contributed by atoms with Crippen molar-refractivity contribution in [1.29, 1.82) is 0 Å². The van der Waals surface area contributed by atoms with Gasteiger partial charge in [-0.1, -0.05) is 6.42 Å². The van der Waals surface area contributed by atoms with Crippen LogP contribution >= 0.6 is 0 Å². The van der Waals surface area contributed by atoms with E-state index in [4.69, 9.17) is 14.6 Å². The van der Waals surface area contributed by atoms with Crippen LogP contribution in [0.3, 0.4) is 0 Å². The van der Waals surface area contributed by atoms with Crippen molar-refractivity contribution in [3.63, 3.8) is 0 Å². The highest BCUT2D eigenvalue weighted by atomic mass is 16.6. The summed E-state index contributed by atoms with van der Waals surface area (Å²) in [7, 11) is 0. The fraction of sp³-hybridized carbons (Fsp3) is 0.625. The molecule has 150 valence electrons. The van der Waals surface area contributed by atoms with E-state index in [1.165, 1.54) is 0 Å². The van der Waals surface area contributed by atoms with E-state index in [0.29, 0.717) is 19.3 Å². The number of aliphatic carboxylic acids is 1. The molecule has 0 spiro atoms. The second kappa shape index (κ2) is 9.44. The number of H-pyrrole nitrogens is 1. The molecule has 4 atom stereocenters. The SMILES string of the molecule is O=C(O)CCCCCC(=O)O[C@@H]1[C@H](O)[C@@H](CO)O[C@H]1n1ccc(=O)[nH]c1=O. The highest BCUT2D eigenvalue weighted by Crippen LogP contribution is 2.31. The summed E-state index contributed by atoms with van der Waals surface area (Å²) >= 11 is 0. The Kier molecular flexibility index (Phi) is 7.28. The van der Waals surface area contributed by atoms with Crippen LogP contribution < -0.4 is 11.2 Å². The van der Waals surface area contributed by atoms with E-state index in [0.717, 1.165) is 16.8 Å². The Morgan fingerprint density at radius 2 is 1.93 bits per heavy atom. The molecule has 27 heavy (non-hydrogen) atoms. The number of rotatable bonds is 9. The normalized spacial score (nSPS) is 24.7. The number of aromatic nitrogens is 2. The minimum absolute atomic E-state index is 0.000127. The largest absolute Gasteiger partial charge is 0.481 e. The van der Waals surface area contributed by atoms with E-state index in [9.17, 15) is 29.4 Å². The Morgan fingerprint density at radius 1 is 1.22 bits per heavy atom. The monoisotopic (exact) mass is 386 g/mol. The fourth-order valence-corrected chi connectivity index (χ4v) is 2.78. The number of hydrogen-bond donors (Lipinski definition) is 4. The number of aromatic amines is 1. The number of nitrogens with zero attached hydrogens (tertiary/aromatic N) is 1. The quantitative estimate of drug-likeness (QED) is 0.299. The third-order valence-corrected chi connectivity index (χ3v) is 4.16. The summed E-state index contributed by atoms with van der Waals surface area (Å²) in [5.74, 6) is -1.56. The van der Waals surface area contributed by atoms with Crippen LogP contribution in [0, 0.1) is 0 Å². The Balaban J connectivity index is 2.02. The number of carbonyl (C=O) groups excluding carboxylic acids is 1. The standard InChI is InChI=1S/C16H22N2O9/c19-8-9-13(24)14(27-12(23)5-3-1-2-4-11(21)22)15(26-9)18-7-6-10(20)17-16(18)25/h6-7,9,13-15,19,24H,1-5,8H2,(H,21,22)(H,17,20,25)/t9-,13-,14-,15-/m1/s1. The van der Waals surface area contributed by atoms with Crippen LogP contribution in [-0.2, 0) is 19.1 Å². The van der Waals surface area contributed by atoms with Crippen molar-refractivity contribution >= 4 is 11.9 Å². The molecule has 4 N–H and O–H groups in total. The van der Waals surface area contributed by atoms with Gasteiger partial charge in [0.1, 0.15) is 12.2 Å². The summed E-state index contributed by atoms with van der Waals surface area (Å²) in [5.41, 5.74) is -1.43. The number of aliphatic hydroxyl groups is 2. The maximum absolute atomic E-state index is 12.0. The second-order valence-corrected chi connectivity index (χ2v) is 6.16. The topological polar surface area (TPSA) is 168 Å². The summed E-state index contributed by atoms with van der Waals surface area (Å²) in [6.07, 6.45) is -2.38. The number of ether oxygens (including phenoxy) is 2. The first kappa shape index (κ1) is 20.8. The molecule has 1 fully saturated rings. The molecule has 1 aliphatic rings. The number of carboxylic acids is 1. The van der Waals surface area contributed by atoms with Crippen molar-refractivity contribution < 1.29 is 34.4 Å². The summed E-state index contributed by atoms with van der Waals surface area (Å²) in [4.78, 5) is 47.7. The molecular weight excluding hydrogens is 364 g/mol. The lowest BCUT2D eigenvalue weighted by Crippen LogP contribution is -2.40. The molecular formula is C16H22N2O9. The molecule has 0 amide bonds. The van der Waals surface area contributed by atoms with Gasteiger partial charge >= 0.3 is 17.6 Å². The molecule has 0 unspecified atom stereocenters. The van der Waals surface area contributed by atoms with Crippen LogP contribution in [0.2, 0.25) is 0 Å². The van der Waals surface area contributed by atoms with Gasteiger partial charge in [-0.05, 0) is 12.8 Å². The van der Waals surface area contributed by atoms with Crippen molar-refractivity contribution in [2.45, 2.75) is 56.6 Å². The maximum Gasteiger partial charge on any atom is 0.330 e. The number of esters is 1. The predicted molar refractivity (Wildman–Crippen MR) is 88.9 cm³/mol. The van der Waals surface area contributed by atoms with Crippen LogP contribution in [0.1, 0.15) is 38.3 Å². The smallest absolute Gasteiger partial charge is 0.330 e. The van der Waals surface area contributed by atoms with Gasteiger partial charge < -0.3 is 24.8 Å². The first-order valence-corrected chi connectivity index (χ1v) is 8.50. The van der Waals surface area contributed by atoms with Crippen molar-refractivity contribution in [2.75, 3.05) is 6.61 Å². The van der Waals surface area contributed by atoms with Crippen LogP contribution in [0.15, 0.2) is 21.9 Å². The highest BCUT2D eigenvalue weighted by molar-refractivity contribution is 5.69. The Bertz CT molecular complexity index is 772. The van der Waals surface area contributed by atoms with Gasteiger partial charge in [-0.2, -0.15) is 0 Å². The average Bonchev–Trinajstić information content (AvgIpc) is 2.90. The lowest BCUT2D eigenvalue weighted by molar-refractivity contribution is -0.159. The lowest BCUT2D eigenvalue weighted by atomic mass is 10.1. The average molecular weight is 386 g/mol. The molecule has 2 rings (SSSR count). The number of nitrogens with one attached hydrogen (secondary N) is 1. The Morgan fingerprint density at radius 3 is 2.56 bits per heavy atom. The molecule has 1 saturated heterocycles. The lowest BCUT2D eigenvalue weighted by Gasteiger charge is -2.22. The summed E-state index contributed by atoms with van der Waals surface area (Å²) < 4.78 is 11.6. The van der Waals surface area contributed by atoms with E-state index in [2.05, 4.69) is 0 Å². The highest BCUT2D eigenvalue weighted by Gasteiger charge is 2.47. The third kappa shape index (κ3) is 5.49. The zero-order valence-electron chi connectivity index (χ0n) is 14.4. The summed E-state index contributed by atoms with van der Waals surface area (Å²) in [6.45, 7) is -0.557. The molecule has 0 aliphatic carbocycles. The zero-order valence-corrected chi connectivity index (χ0v) is 14.4. The van der Waals surface area contributed by atoms with Gasteiger partial charge in [0.15, 0.2) is 12.3 Å². The molecule has 0 saturated carbocycles. The minimum Gasteiger partial charge on any atom is -0.481 e. The van der Waals surface area contributed by atoms with E-state index in [1.54, 1.807) is 0 Å². The first-order chi connectivity index (χ1) is 12.8. The molecule has 1 aliphatic heterocycles. The van der Waals surface area contributed by atoms with Gasteiger partial charge in [0.2, 0.25) is 0 Å². The van der Waals surface area contributed by atoms with Crippen LogP contribution in [0.25, 0.3) is 0 Å². The molecule has 11 nitrogen and oxygen atoms in total. The summed E-state index contributed by atoms with van der Waals surface area (Å²) in [6, 6.07) is 1.07. The van der Waals surface area contributed by atoms with E-state index in [-0.39, 0.29) is 12.8 Å². The second-order valence-electron chi connectivity index (χ2n) is 6.16. The van der Waals surface area contributed by atoms with E-state index in [1.807, 2.05) is 4.98 Å². The molecule has 2 heterocycles. The minimum atomic E-state index is -1.37. The first-order valence-electron chi connectivity index (χ1n) is 8.50. The van der Waals surface area contributed by atoms with Gasteiger partial charge in [0.25, 0.3) is 5.56 Å². The molecule has 1 aromatic rings. The molecule has 11 heteroatoms. The predicted octanol–water partition coefficient (Wildman–Crippen LogP) is -1.27. The van der Waals surface area contributed by atoms with Gasteiger partial charge in [0.05, 0.1) is 6.61 Å². The van der Waals surface area contributed by atoms with E-state index >= 15 is 0 Å². The van der Waals surface area contributed by atoms with Crippen molar-refractivity contribution in [2.24, 2.45) is 0 Å². The third-order valence-electron chi connectivity index (χ3n) is 4.16. The summed E-state index contributed by atoms with van der Waals surface area (Å²) in [5, 5.41) is 28.1. The molecule has 0 aromatic carbocycles. The van der Waals surface area contributed by atoms with Gasteiger partial charge in [-0.25, -0.2) is 4.79 Å². The maximum atomic E-state index is 12.0. The van der Waals surface area contributed by atoms with Crippen LogP contribution in [0.4, 0.5) is 0 Å².